The van der Waals surface area contributed by atoms with Gasteiger partial charge in [0.25, 0.3) is 0 Å². The van der Waals surface area contributed by atoms with Crippen molar-refractivity contribution in [2.45, 2.75) is 102 Å². The van der Waals surface area contributed by atoms with Gasteiger partial charge in [-0.2, -0.15) is 0 Å². The fourth-order valence-corrected chi connectivity index (χ4v) is 12.6. The number of aliphatic hydroxyl groups excluding tert-OH is 2. The van der Waals surface area contributed by atoms with Crippen molar-refractivity contribution in [2.75, 3.05) is 20.3 Å². The van der Waals surface area contributed by atoms with E-state index in [1.165, 1.54) is 19.5 Å². The molecule has 3 aromatic carbocycles. The second-order valence-electron chi connectivity index (χ2n) is 18.6. The maximum absolute atomic E-state index is 14.9. The Hall–Kier alpha value is -5.57. The minimum absolute atomic E-state index is 0.0120. The number of hydrogen-bond donors (Lipinski definition) is 5. The van der Waals surface area contributed by atoms with Crippen molar-refractivity contribution in [1.29, 1.82) is 0 Å². The average molecular weight is 856 g/mol. The summed E-state index contributed by atoms with van der Waals surface area (Å²) in [5.41, 5.74) is 5.88. The van der Waals surface area contributed by atoms with E-state index in [1.54, 1.807) is 18.2 Å². The molecule has 0 amide bonds. The Labute approximate surface area is 367 Å². The highest BCUT2D eigenvalue weighted by Crippen LogP contribution is 2.67. The number of aromatic amines is 1. The third-order valence-electron chi connectivity index (χ3n) is 15.2. The number of ketones is 1. The average Bonchev–Trinajstić information content (AvgIpc) is 3.83. The molecule has 3 saturated carbocycles. The number of para-hydroxylation sites is 1. The van der Waals surface area contributed by atoms with Gasteiger partial charge in [0, 0.05) is 41.7 Å². The molecule has 11 nitrogen and oxygen atoms in total. The van der Waals surface area contributed by atoms with Gasteiger partial charge in [0.2, 0.25) is 0 Å². The number of carbonyl (C=O) groups is 3. The molecule has 4 aromatic rings. The minimum Gasteiger partial charge on any atom is -0.504 e. The minimum atomic E-state index is -0.765. The van der Waals surface area contributed by atoms with Gasteiger partial charge in [0.05, 0.1) is 25.5 Å². The number of cyclic esters (lactones) is 1. The normalized spacial score (nSPS) is 29.3. The summed E-state index contributed by atoms with van der Waals surface area (Å²) in [5.74, 6) is 5.85. The molecule has 2 bridgehead atoms. The molecule has 0 radical (unpaired) electrons. The van der Waals surface area contributed by atoms with Gasteiger partial charge in [-0.15, -0.1) is 0 Å². The number of nitrogens with one attached hydrogen (secondary N) is 1. The monoisotopic (exact) mass is 855 g/mol. The van der Waals surface area contributed by atoms with E-state index in [9.17, 15) is 34.8 Å². The zero-order chi connectivity index (χ0) is 43.8. The molecule has 4 aliphatic carbocycles. The standard InChI is InChI=1S/C52H57NO10/c1-61-47-27-40-39(26-46(47)59)42-22-31-28-52(18-6-7-32(52)29-55)43-25-33(56)14-16-38(43)50(31)41(40)24-34(57)23-35(15-12-30-13-17-45(58)48(21-30)62-20-19-54)63-49(60)11-5-3-9-37-36-8-2-4-10-44(36)53-51(37)42/h2,4,8,10,13,17,21-22,26-27,29,31-33,35,38,41,43,50,53-54,56,58-59H,6-7,9,11-12,14-16,18-20,23-25,28H2,1H3. The first-order chi connectivity index (χ1) is 30.6. The lowest BCUT2D eigenvalue weighted by molar-refractivity contribution is -0.149. The maximum Gasteiger partial charge on any atom is 0.318 e. The molecule has 0 saturated heterocycles. The van der Waals surface area contributed by atoms with Gasteiger partial charge in [-0.05, 0) is 139 Å². The van der Waals surface area contributed by atoms with E-state index in [4.69, 9.17) is 14.2 Å². The molecule has 1 aromatic heterocycles. The number of esters is 1. The summed E-state index contributed by atoms with van der Waals surface area (Å²) < 4.78 is 17.4. The summed E-state index contributed by atoms with van der Waals surface area (Å²) in [6.07, 6.45) is 8.83. The number of rotatable bonds is 8. The maximum atomic E-state index is 14.9. The lowest BCUT2D eigenvalue weighted by Crippen LogP contribution is -2.53. The van der Waals surface area contributed by atoms with Crippen molar-refractivity contribution in [3.63, 3.8) is 0 Å². The second-order valence-corrected chi connectivity index (χ2v) is 18.6. The smallest absolute Gasteiger partial charge is 0.318 e. The first kappa shape index (κ1) is 42.7. The number of ether oxygens (including phenoxy) is 3. The molecule has 9 unspecified atom stereocenters. The van der Waals surface area contributed by atoms with Crippen LogP contribution in [0.4, 0.5) is 0 Å². The van der Waals surface area contributed by atoms with Crippen molar-refractivity contribution < 1.29 is 49.0 Å². The SMILES string of the molecule is COc1cc2c(cc1O)C1=CC3CC4(CCCC4C=O)C4CC(O)CCC4C3C2CC(=O)CC(CCc2ccc(O)c(OCCO)c2)OC(=O)CC#CCc2c1[nH]c1ccccc21. The Kier molecular flexibility index (Phi) is 12.1. The Morgan fingerprint density at radius 2 is 1.83 bits per heavy atom. The summed E-state index contributed by atoms with van der Waals surface area (Å²) in [6.45, 7) is -0.193. The van der Waals surface area contributed by atoms with Gasteiger partial charge in [0.1, 0.15) is 31.2 Å². The van der Waals surface area contributed by atoms with E-state index in [-0.39, 0.29) is 96.4 Å². The number of carbonyl (C=O) groups excluding carboxylic acids is 3. The first-order valence-electron chi connectivity index (χ1n) is 22.7. The lowest BCUT2D eigenvalue weighted by atomic mass is 9.46. The fourth-order valence-electron chi connectivity index (χ4n) is 12.6. The first-order valence-corrected chi connectivity index (χ1v) is 22.7. The third kappa shape index (κ3) is 8.13. The van der Waals surface area contributed by atoms with E-state index in [2.05, 4.69) is 29.0 Å². The topological polar surface area (TPSA) is 176 Å². The number of H-pyrrole nitrogens is 1. The zero-order valence-corrected chi connectivity index (χ0v) is 35.8. The van der Waals surface area contributed by atoms with Gasteiger partial charge in [-0.1, -0.05) is 48.6 Å². The molecule has 5 aliphatic rings. The van der Waals surface area contributed by atoms with Crippen molar-refractivity contribution in [3.8, 4) is 34.8 Å². The molecule has 2 heterocycles. The van der Waals surface area contributed by atoms with Crippen molar-refractivity contribution in [2.24, 2.45) is 35.0 Å². The van der Waals surface area contributed by atoms with Crippen LogP contribution in [0.5, 0.6) is 23.0 Å². The number of benzene rings is 3. The van der Waals surface area contributed by atoms with Crippen LogP contribution >= 0.6 is 0 Å². The number of aryl methyl sites for hydroxylation is 1. The van der Waals surface area contributed by atoms with E-state index in [0.717, 1.165) is 76.5 Å². The van der Waals surface area contributed by atoms with Crippen LogP contribution in [0.2, 0.25) is 0 Å². The van der Waals surface area contributed by atoms with Crippen molar-refractivity contribution in [3.05, 3.63) is 88.6 Å². The van der Waals surface area contributed by atoms with Crippen LogP contribution in [-0.4, -0.2) is 76.0 Å². The van der Waals surface area contributed by atoms with Crippen LogP contribution in [0, 0.1) is 46.8 Å². The third-order valence-corrected chi connectivity index (χ3v) is 15.2. The molecule has 63 heavy (non-hydrogen) atoms. The quantitative estimate of drug-likeness (QED) is 0.0670. The predicted octanol–water partition coefficient (Wildman–Crippen LogP) is 7.73. The highest BCUT2D eigenvalue weighted by Gasteiger charge is 2.60. The van der Waals surface area contributed by atoms with Gasteiger partial charge >= 0.3 is 5.97 Å². The number of methoxy groups -OCH3 is 1. The van der Waals surface area contributed by atoms with Crippen LogP contribution in [0.1, 0.15) is 104 Å². The Bertz CT molecular complexity index is 2490. The van der Waals surface area contributed by atoms with E-state index in [1.807, 2.05) is 24.3 Å². The number of Topliss-reactive ketones (excluding diaryl/α,β-unsaturated/α-hetero) is 1. The summed E-state index contributed by atoms with van der Waals surface area (Å²) in [5, 5.41) is 43.5. The zero-order valence-electron chi connectivity index (χ0n) is 35.8. The van der Waals surface area contributed by atoms with E-state index in [0.29, 0.717) is 37.9 Å². The van der Waals surface area contributed by atoms with Gasteiger partial charge < -0.3 is 44.4 Å². The highest BCUT2D eigenvalue weighted by molar-refractivity contribution is 5.94. The van der Waals surface area contributed by atoms with Crippen LogP contribution < -0.4 is 9.47 Å². The molecule has 9 rings (SSSR count). The number of phenolic OH excluding ortho intramolecular Hbond substituents is 2. The van der Waals surface area contributed by atoms with Crippen LogP contribution in [0.3, 0.4) is 0 Å². The Morgan fingerprint density at radius 3 is 2.65 bits per heavy atom. The summed E-state index contributed by atoms with van der Waals surface area (Å²) in [4.78, 5) is 45.2. The number of aliphatic hydroxyl groups is 2. The lowest BCUT2D eigenvalue weighted by Gasteiger charge is -2.58. The molecule has 1 aliphatic heterocycles. The Balaban J connectivity index is 1.20. The predicted molar refractivity (Wildman–Crippen MR) is 236 cm³/mol. The van der Waals surface area contributed by atoms with Crippen molar-refractivity contribution in [1.82, 2.24) is 4.98 Å². The number of aromatic nitrogens is 1. The second kappa shape index (κ2) is 17.9. The Morgan fingerprint density at radius 1 is 0.984 bits per heavy atom. The molecule has 3 fully saturated rings. The molecule has 9 atom stereocenters. The molecule has 330 valence electrons. The number of aldehydes is 1. The van der Waals surface area contributed by atoms with Gasteiger partial charge in [-0.3, -0.25) is 9.59 Å². The number of allylic oxidation sites excluding steroid dienone is 1. The summed E-state index contributed by atoms with van der Waals surface area (Å²) >= 11 is 0. The highest BCUT2D eigenvalue weighted by atomic mass is 16.5. The number of aromatic hydroxyl groups is 2. The van der Waals surface area contributed by atoms with Crippen LogP contribution in [-0.2, 0) is 32.0 Å². The van der Waals surface area contributed by atoms with Crippen molar-refractivity contribution >= 4 is 34.5 Å². The summed E-state index contributed by atoms with van der Waals surface area (Å²) in [7, 11) is 1.53. The number of fused-ring (bicyclic) bond motifs is 9. The van der Waals surface area contributed by atoms with Gasteiger partial charge in [-0.25, -0.2) is 0 Å². The number of phenols is 2. The van der Waals surface area contributed by atoms with Crippen LogP contribution in [0.15, 0.2) is 60.7 Å². The summed E-state index contributed by atoms with van der Waals surface area (Å²) in [6, 6.07) is 16.7. The van der Waals surface area contributed by atoms with E-state index < -0.39 is 18.2 Å². The fraction of sp³-hybridized carbons (Fsp3) is 0.481. The largest absolute Gasteiger partial charge is 0.504 e. The molecule has 1 spiro atoms. The molecule has 5 N–H and O–H groups in total. The van der Waals surface area contributed by atoms with Gasteiger partial charge in [0.15, 0.2) is 23.0 Å². The number of hydrogen-bond acceptors (Lipinski definition) is 10. The molecule has 11 heteroatoms. The van der Waals surface area contributed by atoms with Crippen LogP contribution in [0.25, 0.3) is 16.5 Å². The molecular formula is C52H57NO10. The van der Waals surface area contributed by atoms with E-state index >= 15 is 0 Å². The molecular weight excluding hydrogens is 799 g/mol.